The molecule has 1 aromatic heterocycles. The maximum absolute atomic E-state index is 14.3. The molecule has 2 aliphatic rings. The minimum absolute atomic E-state index is 0.0728. The number of carbonyl (C=O) groups excluding carboxylic acids is 1. The van der Waals surface area contributed by atoms with Crippen LogP contribution in [0, 0.1) is 11.7 Å². The zero-order valence-electron chi connectivity index (χ0n) is 20.7. The van der Waals surface area contributed by atoms with Gasteiger partial charge in [0.05, 0.1) is 47.4 Å². The first-order valence-corrected chi connectivity index (χ1v) is 15.0. The molecule has 2 fully saturated rings. The van der Waals surface area contributed by atoms with E-state index < -0.39 is 21.4 Å². The summed E-state index contributed by atoms with van der Waals surface area (Å²) in [4.78, 5) is 19.5. The maximum Gasteiger partial charge on any atom is 0.255 e. The number of amides is 1. The van der Waals surface area contributed by atoms with Crippen LogP contribution in [-0.4, -0.2) is 48.0 Å². The number of hydrogen-bond donors (Lipinski definition) is 0. The first kappa shape index (κ1) is 27.1. The lowest BCUT2D eigenvalue weighted by Gasteiger charge is -2.25. The molecule has 38 heavy (non-hydrogen) atoms. The SMILES string of the molecule is O=C(c1ccc(Cl)cc1Cl)N(Cc1cnc(S(=O)(=O)Cc2ccccc2F)n1CC1CCCO1)CC1CC1. The van der Waals surface area contributed by atoms with E-state index in [0.29, 0.717) is 35.3 Å². The van der Waals surface area contributed by atoms with E-state index in [0.717, 1.165) is 25.7 Å². The summed E-state index contributed by atoms with van der Waals surface area (Å²) in [5.74, 6) is -0.996. The third kappa shape index (κ3) is 6.22. The average Bonchev–Trinajstić information content (AvgIpc) is 3.36. The quantitative estimate of drug-likeness (QED) is 0.315. The van der Waals surface area contributed by atoms with Crippen molar-refractivity contribution in [3.63, 3.8) is 0 Å². The van der Waals surface area contributed by atoms with Gasteiger partial charge < -0.3 is 14.2 Å². The zero-order valence-corrected chi connectivity index (χ0v) is 23.0. The number of imidazole rings is 1. The molecule has 5 rings (SSSR count). The molecular formula is C27H28Cl2FN3O4S. The van der Waals surface area contributed by atoms with E-state index in [1.807, 2.05) is 0 Å². The largest absolute Gasteiger partial charge is 0.376 e. The Morgan fingerprint density at radius 1 is 1.16 bits per heavy atom. The van der Waals surface area contributed by atoms with Crippen molar-refractivity contribution in [2.24, 2.45) is 5.92 Å². The number of aromatic nitrogens is 2. The van der Waals surface area contributed by atoms with Crippen LogP contribution in [-0.2, 0) is 33.4 Å². The van der Waals surface area contributed by atoms with Gasteiger partial charge in [-0.1, -0.05) is 41.4 Å². The van der Waals surface area contributed by atoms with Crippen molar-refractivity contribution < 1.29 is 22.3 Å². The van der Waals surface area contributed by atoms with Gasteiger partial charge in [0.15, 0.2) is 0 Å². The van der Waals surface area contributed by atoms with E-state index in [1.165, 1.54) is 30.5 Å². The molecule has 0 bridgehead atoms. The molecule has 1 atom stereocenters. The fourth-order valence-electron chi connectivity index (χ4n) is 4.70. The monoisotopic (exact) mass is 579 g/mol. The second-order valence-electron chi connectivity index (χ2n) is 9.88. The molecule has 0 N–H and O–H groups in total. The van der Waals surface area contributed by atoms with Crippen LogP contribution in [0.15, 0.2) is 53.8 Å². The Hall–Kier alpha value is -2.46. The minimum Gasteiger partial charge on any atom is -0.376 e. The van der Waals surface area contributed by atoms with Gasteiger partial charge >= 0.3 is 0 Å². The minimum atomic E-state index is -4.00. The maximum atomic E-state index is 14.3. The smallest absolute Gasteiger partial charge is 0.255 e. The number of nitrogens with zero attached hydrogens (tertiary/aromatic N) is 3. The van der Waals surface area contributed by atoms with Crippen molar-refractivity contribution in [1.82, 2.24) is 14.5 Å². The van der Waals surface area contributed by atoms with Crippen LogP contribution >= 0.6 is 23.2 Å². The average molecular weight is 581 g/mol. The molecule has 1 aliphatic heterocycles. The first-order chi connectivity index (χ1) is 18.2. The summed E-state index contributed by atoms with van der Waals surface area (Å²) < 4.78 is 48.6. The van der Waals surface area contributed by atoms with Gasteiger partial charge in [-0.3, -0.25) is 4.79 Å². The van der Waals surface area contributed by atoms with Crippen LogP contribution in [0.1, 0.15) is 47.3 Å². The Labute approximate surface area is 231 Å². The Morgan fingerprint density at radius 3 is 2.63 bits per heavy atom. The number of rotatable bonds is 10. The molecule has 202 valence electrons. The molecular weight excluding hydrogens is 552 g/mol. The molecule has 0 radical (unpaired) electrons. The fourth-order valence-corrected chi connectivity index (χ4v) is 6.70. The fraction of sp³-hybridized carbons (Fsp3) is 0.407. The topological polar surface area (TPSA) is 81.5 Å². The van der Waals surface area contributed by atoms with E-state index in [2.05, 4.69) is 4.98 Å². The zero-order chi connectivity index (χ0) is 26.9. The molecule has 2 aromatic carbocycles. The summed E-state index contributed by atoms with van der Waals surface area (Å²) in [5, 5.41) is 0.526. The molecule has 1 saturated carbocycles. The van der Waals surface area contributed by atoms with E-state index in [4.69, 9.17) is 27.9 Å². The van der Waals surface area contributed by atoms with Crippen LogP contribution in [0.2, 0.25) is 10.0 Å². The second-order valence-corrected chi connectivity index (χ2v) is 12.6. The standard InChI is InChI=1S/C27H28Cl2FN3O4S/c28-20-9-10-23(24(29)12-20)26(34)32(14-18-7-8-18)15-21-13-31-27(33(21)16-22-5-3-11-37-22)38(35,36)17-19-4-1-2-6-25(19)30/h1-2,4,6,9-10,12-13,18,22H,3,5,7-8,11,14-17H2. The summed E-state index contributed by atoms with van der Waals surface area (Å²) in [7, 11) is -4.00. The highest BCUT2D eigenvalue weighted by molar-refractivity contribution is 7.90. The van der Waals surface area contributed by atoms with E-state index >= 15 is 0 Å². The van der Waals surface area contributed by atoms with Crippen molar-refractivity contribution in [3.8, 4) is 0 Å². The summed E-state index contributed by atoms with van der Waals surface area (Å²) in [6.07, 6.45) is 5.03. The number of benzene rings is 2. The van der Waals surface area contributed by atoms with Crippen LogP contribution in [0.4, 0.5) is 4.39 Å². The second kappa shape index (κ2) is 11.3. The summed E-state index contributed by atoms with van der Waals surface area (Å²) in [5.41, 5.74) is 0.963. The number of carbonyl (C=O) groups is 1. The highest BCUT2D eigenvalue weighted by Crippen LogP contribution is 2.32. The van der Waals surface area contributed by atoms with E-state index in [-0.39, 0.29) is 40.8 Å². The van der Waals surface area contributed by atoms with Crippen LogP contribution < -0.4 is 0 Å². The van der Waals surface area contributed by atoms with Gasteiger partial charge in [0.2, 0.25) is 15.0 Å². The molecule has 3 aromatic rings. The van der Waals surface area contributed by atoms with Gasteiger partial charge in [-0.2, -0.15) is 0 Å². The third-order valence-corrected chi connectivity index (χ3v) is 8.99. The van der Waals surface area contributed by atoms with Gasteiger partial charge in [0.25, 0.3) is 5.91 Å². The third-order valence-electron chi connectivity index (χ3n) is 6.87. The lowest BCUT2D eigenvalue weighted by Crippen LogP contribution is -2.34. The first-order valence-electron chi connectivity index (χ1n) is 12.6. The van der Waals surface area contributed by atoms with Gasteiger partial charge in [0, 0.05) is 23.7 Å². The highest BCUT2D eigenvalue weighted by Gasteiger charge is 2.32. The molecule has 1 unspecified atom stereocenters. The van der Waals surface area contributed by atoms with Crippen molar-refractivity contribution in [2.45, 2.75) is 55.8 Å². The van der Waals surface area contributed by atoms with Gasteiger partial charge in [-0.05, 0) is 55.9 Å². The molecule has 7 nitrogen and oxygen atoms in total. The van der Waals surface area contributed by atoms with Crippen molar-refractivity contribution in [3.05, 3.63) is 81.3 Å². The van der Waals surface area contributed by atoms with Crippen LogP contribution in [0.3, 0.4) is 0 Å². The highest BCUT2D eigenvalue weighted by atomic mass is 35.5. The molecule has 1 amide bonds. The van der Waals surface area contributed by atoms with Crippen LogP contribution in [0.5, 0.6) is 0 Å². The Balaban J connectivity index is 1.48. The molecule has 2 heterocycles. The Bertz CT molecular complexity index is 1440. The summed E-state index contributed by atoms with van der Waals surface area (Å²) in [6, 6.07) is 10.5. The molecule has 1 aliphatic carbocycles. The van der Waals surface area contributed by atoms with Gasteiger partial charge in [-0.15, -0.1) is 0 Å². The summed E-state index contributed by atoms with van der Waals surface area (Å²) >= 11 is 12.4. The molecule has 0 spiro atoms. The number of halogens is 3. The Kier molecular flexibility index (Phi) is 8.09. The van der Waals surface area contributed by atoms with Crippen molar-refractivity contribution >= 4 is 38.9 Å². The predicted octanol–water partition coefficient (Wildman–Crippen LogP) is 5.53. The lowest BCUT2D eigenvalue weighted by molar-refractivity contribution is 0.0723. The lowest BCUT2D eigenvalue weighted by atomic mass is 10.1. The molecule has 11 heteroatoms. The summed E-state index contributed by atoms with van der Waals surface area (Å²) in [6.45, 7) is 1.53. The number of ether oxygens (including phenoxy) is 1. The van der Waals surface area contributed by atoms with Crippen molar-refractivity contribution in [1.29, 1.82) is 0 Å². The Morgan fingerprint density at radius 2 is 1.95 bits per heavy atom. The predicted molar refractivity (Wildman–Crippen MR) is 142 cm³/mol. The van der Waals surface area contributed by atoms with Crippen LogP contribution in [0.25, 0.3) is 0 Å². The van der Waals surface area contributed by atoms with E-state index in [9.17, 15) is 17.6 Å². The normalized spacial score (nSPS) is 17.6. The van der Waals surface area contributed by atoms with E-state index in [1.54, 1.807) is 27.7 Å². The van der Waals surface area contributed by atoms with Crippen molar-refractivity contribution in [2.75, 3.05) is 13.2 Å². The number of hydrogen-bond acceptors (Lipinski definition) is 5. The number of sulfone groups is 1. The van der Waals surface area contributed by atoms with Gasteiger partial charge in [-0.25, -0.2) is 17.8 Å². The van der Waals surface area contributed by atoms with Gasteiger partial charge in [0.1, 0.15) is 5.82 Å². The molecule has 1 saturated heterocycles.